The highest BCUT2D eigenvalue weighted by molar-refractivity contribution is 5.93. The number of amides is 1. The molecule has 1 aromatic heterocycles. The molecule has 5 rings (SSSR count). The van der Waals surface area contributed by atoms with Crippen molar-refractivity contribution < 1.29 is 4.79 Å². The lowest BCUT2D eigenvalue weighted by atomic mass is 9.89. The molecule has 5 nitrogen and oxygen atoms in total. The number of carbonyl (C=O) groups is 1. The summed E-state index contributed by atoms with van der Waals surface area (Å²) in [5.41, 5.74) is 5.62. The van der Waals surface area contributed by atoms with Crippen LogP contribution in [-0.2, 0) is 11.3 Å². The smallest absolute Gasteiger partial charge is 0.229 e. The standard InChI is InChI=1S/C28H36N4O/c1-20-14-15-24(17-21(20)2)29-27(33)23-11-8-16-31(19-23)28-30-25-12-6-7-13-26(25)32(28)18-22-9-4-3-5-10-22/h6-7,12-15,17,22-23H,3-5,8-11,16,18-19H2,1-2H3,(H,29,33). The van der Waals surface area contributed by atoms with E-state index in [1.807, 2.05) is 6.07 Å². The van der Waals surface area contributed by atoms with Crippen LogP contribution in [0, 0.1) is 25.7 Å². The first kappa shape index (κ1) is 22.0. The number of hydrogen-bond donors (Lipinski definition) is 1. The molecule has 2 heterocycles. The van der Waals surface area contributed by atoms with Crippen LogP contribution in [0.15, 0.2) is 42.5 Å². The third-order valence-corrected chi connectivity index (χ3v) is 7.65. The average Bonchev–Trinajstić information content (AvgIpc) is 3.20. The minimum atomic E-state index is -0.0247. The molecular weight excluding hydrogens is 408 g/mol. The van der Waals surface area contributed by atoms with Crippen molar-refractivity contribution in [2.24, 2.45) is 11.8 Å². The number of hydrogen-bond acceptors (Lipinski definition) is 3. The van der Waals surface area contributed by atoms with Gasteiger partial charge in [0.1, 0.15) is 0 Å². The number of fused-ring (bicyclic) bond motifs is 1. The molecule has 2 fully saturated rings. The number of rotatable bonds is 5. The van der Waals surface area contributed by atoms with Crippen molar-refractivity contribution in [1.29, 1.82) is 0 Å². The Labute approximate surface area is 197 Å². The SMILES string of the molecule is Cc1ccc(NC(=O)C2CCCN(c3nc4ccccc4n3CC3CCCCC3)C2)cc1C. The molecule has 2 aliphatic rings. The Kier molecular flexibility index (Phi) is 6.39. The van der Waals surface area contributed by atoms with Crippen LogP contribution in [0.4, 0.5) is 11.6 Å². The van der Waals surface area contributed by atoms with Crippen LogP contribution in [0.1, 0.15) is 56.1 Å². The van der Waals surface area contributed by atoms with Gasteiger partial charge in [-0.3, -0.25) is 4.79 Å². The summed E-state index contributed by atoms with van der Waals surface area (Å²) in [6.45, 7) is 6.90. The molecule has 0 spiro atoms. The van der Waals surface area contributed by atoms with E-state index in [0.717, 1.165) is 55.5 Å². The molecule has 1 N–H and O–H groups in total. The molecule has 5 heteroatoms. The number of nitrogens with zero attached hydrogens (tertiary/aromatic N) is 3. The second-order valence-electron chi connectivity index (χ2n) is 10.1. The quantitative estimate of drug-likeness (QED) is 0.518. The van der Waals surface area contributed by atoms with Gasteiger partial charge < -0.3 is 14.8 Å². The van der Waals surface area contributed by atoms with Gasteiger partial charge in [0.25, 0.3) is 0 Å². The van der Waals surface area contributed by atoms with Crippen molar-refractivity contribution in [2.45, 2.75) is 65.3 Å². The highest BCUT2D eigenvalue weighted by atomic mass is 16.1. The van der Waals surface area contributed by atoms with Crippen molar-refractivity contribution in [3.63, 3.8) is 0 Å². The van der Waals surface area contributed by atoms with E-state index < -0.39 is 0 Å². The van der Waals surface area contributed by atoms with Gasteiger partial charge in [-0.05, 0) is 80.8 Å². The summed E-state index contributed by atoms with van der Waals surface area (Å²) >= 11 is 0. The lowest BCUT2D eigenvalue weighted by molar-refractivity contribution is -0.120. The van der Waals surface area contributed by atoms with Gasteiger partial charge in [-0.25, -0.2) is 4.98 Å². The van der Waals surface area contributed by atoms with Crippen molar-refractivity contribution >= 4 is 28.6 Å². The predicted octanol–water partition coefficient (Wildman–Crippen LogP) is 6.09. The summed E-state index contributed by atoms with van der Waals surface area (Å²) < 4.78 is 2.44. The molecule has 1 saturated heterocycles. The van der Waals surface area contributed by atoms with Crippen LogP contribution in [-0.4, -0.2) is 28.5 Å². The van der Waals surface area contributed by atoms with E-state index in [-0.39, 0.29) is 11.8 Å². The molecule has 0 bridgehead atoms. The molecule has 1 aliphatic carbocycles. The monoisotopic (exact) mass is 444 g/mol. The highest BCUT2D eigenvalue weighted by Gasteiger charge is 2.29. The number of piperidine rings is 1. The van der Waals surface area contributed by atoms with Crippen LogP contribution < -0.4 is 10.2 Å². The van der Waals surface area contributed by atoms with Gasteiger partial charge in [0, 0.05) is 25.3 Å². The van der Waals surface area contributed by atoms with Crippen LogP contribution in [0.25, 0.3) is 11.0 Å². The van der Waals surface area contributed by atoms with Crippen LogP contribution in [0.3, 0.4) is 0 Å². The maximum atomic E-state index is 13.1. The van der Waals surface area contributed by atoms with Crippen LogP contribution >= 0.6 is 0 Å². The minimum absolute atomic E-state index is 0.0247. The lowest BCUT2D eigenvalue weighted by Gasteiger charge is -2.34. The average molecular weight is 445 g/mol. The van der Waals surface area contributed by atoms with Crippen molar-refractivity contribution in [1.82, 2.24) is 9.55 Å². The topological polar surface area (TPSA) is 50.2 Å². The number of aromatic nitrogens is 2. The molecule has 0 radical (unpaired) electrons. The Morgan fingerprint density at radius 3 is 2.64 bits per heavy atom. The number of para-hydroxylation sites is 2. The number of benzene rings is 2. The molecule has 1 saturated carbocycles. The van der Waals surface area contributed by atoms with E-state index in [0.29, 0.717) is 0 Å². The first-order chi connectivity index (χ1) is 16.1. The zero-order chi connectivity index (χ0) is 22.8. The van der Waals surface area contributed by atoms with E-state index in [2.05, 4.69) is 65.0 Å². The molecule has 1 aliphatic heterocycles. The first-order valence-corrected chi connectivity index (χ1v) is 12.7. The van der Waals surface area contributed by atoms with Crippen molar-refractivity contribution in [2.75, 3.05) is 23.3 Å². The fraction of sp³-hybridized carbons (Fsp3) is 0.500. The molecule has 1 unspecified atom stereocenters. The largest absolute Gasteiger partial charge is 0.341 e. The first-order valence-electron chi connectivity index (χ1n) is 12.7. The molecule has 1 amide bonds. The normalized spacial score (nSPS) is 19.7. The van der Waals surface area contributed by atoms with Crippen molar-refractivity contribution in [3.05, 3.63) is 53.6 Å². The summed E-state index contributed by atoms with van der Waals surface area (Å²) in [7, 11) is 0. The number of anilines is 2. The minimum Gasteiger partial charge on any atom is -0.341 e. The van der Waals surface area contributed by atoms with Gasteiger partial charge in [-0.1, -0.05) is 37.5 Å². The second-order valence-corrected chi connectivity index (χ2v) is 10.1. The maximum absolute atomic E-state index is 13.1. The zero-order valence-electron chi connectivity index (χ0n) is 20.0. The Balaban J connectivity index is 1.36. The van der Waals surface area contributed by atoms with Gasteiger partial charge in [0.2, 0.25) is 11.9 Å². The van der Waals surface area contributed by atoms with Gasteiger partial charge >= 0.3 is 0 Å². The fourth-order valence-corrected chi connectivity index (χ4v) is 5.55. The molecular formula is C28H36N4O. The summed E-state index contributed by atoms with van der Waals surface area (Å²) in [6.07, 6.45) is 8.62. The summed E-state index contributed by atoms with van der Waals surface area (Å²) in [6, 6.07) is 14.6. The van der Waals surface area contributed by atoms with Gasteiger partial charge in [0.05, 0.1) is 17.0 Å². The summed E-state index contributed by atoms with van der Waals surface area (Å²) in [5.74, 6) is 1.87. The third-order valence-electron chi connectivity index (χ3n) is 7.65. The maximum Gasteiger partial charge on any atom is 0.229 e. The third kappa shape index (κ3) is 4.78. The number of nitrogens with one attached hydrogen (secondary N) is 1. The number of carbonyl (C=O) groups excluding carboxylic acids is 1. The molecule has 3 aromatic rings. The van der Waals surface area contributed by atoms with E-state index in [9.17, 15) is 4.79 Å². The second kappa shape index (κ2) is 9.58. The van der Waals surface area contributed by atoms with E-state index in [1.54, 1.807) is 0 Å². The summed E-state index contributed by atoms with van der Waals surface area (Å²) in [4.78, 5) is 20.6. The Hall–Kier alpha value is -2.82. The van der Waals surface area contributed by atoms with E-state index in [1.165, 1.54) is 48.7 Å². The Morgan fingerprint density at radius 2 is 1.82 bits per heavy atom. The van der Waals surface area contributed by atoms with Gasteiger partial charge in [-0.2, -0.15) is 0 Å². The molecule has 174 valence electrons. The van der Waals surface area contributed by atoms with E-state index in [4.69, 9.17) is 4.98 Å². The van der Waals surface area contributed by atoms with Gasteiger partial charge in [-0.15, -0.1) is 0 Å². The van der Waals surface area contributed by atoms with Crippen molar-refractivity contribution in [3.8, 4) is 0 Å². The fourth-order valence-electron chi connectivity index (χ4n) is 5.55. The van der Waals surface area contributed by atoms with Crippen LogP contribution in [0.2, 0.25) is 0 Å². The highest BCUT2D eigenvalue weighted by Crippen LogP contribution is 2.32. The number of imidazole rings is 1. The Bertz CT molecular complexity index is 1130. The molecule has 1 atom stereocenters. The van der Waals surface area contributed by atoms with E-state index >= 15 is 0 Å². The molecule has 2 aromatic carbocycles. The predicted molar refractivity (Wildman–Crippen MR) is 136 cm³/mol. The lowest BCUT2D eigenvalue weighted by Crippen LogP contribution is -2.42. The summed E-state index contributed by atoms with van der Waals surface area (Å²) in [5, 5.41) is 3.17. The number of aryl methyl sites for hydroxylation is 2. The molecule has 33 heavy (non-hydrogen) atoms. The van der Waals surface area contributed by atoms with Gasteiger partial charge in [0.15, 0.2) is 0 Å². The van der Waals surface area contributed by atoms with Crippen LogP contribution in [0.5, 0.6) is 0 Å². The Morgan fingerprint density at radius 1 is 1.00 bits per heavy atom. The zero-order valence-corrected chi connectivity index (χ0v) is 20.0.